The molecule has 0 aromatic rings. The van der Waals surface area contributed by atoms with Gasteiger partial charge in [0.15, 0.2) is 0 Å². The van der Waals surface area contributed by atoms with Crippen LogP contribution in [0.1, 0.15) is 40.0 Å². The number of ether oxygens (including phenoxy) is 2. The van der Waals surface area contributed by atoms with E-state index in [9.17, 15) is 5.11 Å². The highest BCUT2D eigenvalue weighted by molar-refractivity contribution is 5.23. The first kappa shape index (κ1) is 13.3. The zero-order valence-electron chi connectivity index (χ0n) is 12.8. The number of rotatable bonds is 1. The van der Waals surface area contributed by atoms with Crippen LogP contribution in [0.4, 0.5) is 0 Å². The highest BCUT2D eigenvalue weighted by Gasteiger charge is 2.73. The lowest BCUT2D eigenvalue weighted by Crippen LogP contribution is -2.68. The molecule has 4 aliphatic rings. The zero-order valence-corrected chi connectivity index (χ0v) is 12.8. The Morgan fingerprint density at radius 2 is 2.00 bits per heavy atom. The van der Waals surface area contributed by atoms with Gasteiger partial charge in [0.25, 0.3) is 0 Å². The lowest BCUT2D eigenvalue weighted by atomic mass is 9.47. The molecule has 3 nitrogen and oxygen atoms in total. The summed E-state index contributed by atoms with van der Waals surface area (Å²) < 4.78 is 12.5. The Morgan fingerprint density at radius 1 is 1.25 bits per heavy atom. The van der Waals surface area contributed by atoms with E-state index in [1.165, 1.54) is 0 Å². The Hall–Kier alpha value is -0.380. The second-order valence-electron chi connectivity index (χ2n) is 8.17. The van der Waals surface area contributed by atoms with E-state index < -0.39 is 5.60 Å². The first-order valence-electron chi connectivity index (χ1n) is 7.98. The van der Waals surface area contributed by atoms with Crippen molar-refractivity contribution in [3.63, 3.8) is 0 Å². The van der Waals surface area contributed by atoms with Crippen molar-refractivity contribution in [2.24, 2.45) is 23.2 Å². The van der Waals surface area contributed by atoms with Gasteiger partial charge in [0.2, 0.25) is 0 Å². The molecular formula is C17H26O3. The Balaban J connectivity index is 1.87. The number of aliphatic hydroxyl groups is 1. The third-order valence-electron chi connectivity index (χ3n) is 7.08. The molecule has 2 saturated carbocycles. The van der Waals surface area contributed by atoms with Gasteiger partial charge < -0.3 is 14.6 Å². The highest BCUT2D eigenvalue weighted by atomic mass is 16.5. The van der Waals surface area contributed by atoms with Crippen LogP contribution >= 0.6 is 0 Å². The zero-order chi connectivity index (χ0) is 14.3. The fourth-order valence-electron chi connectivity index (χ4n) is 5.74. The summed E-state index contributed by atoms with van der Waals surface area (Å²) in [6.45, 7) is 11.3. The van der Waals surface area contributed by atoms with Crippen LogP contribution in [0, 0.1) is 23.2 Å². The maximum Gasteiger partial charge on any atom is 0.0813 e. The second kappa shape index (κ2) is 3.68. The largest absolute Gasteiger partial charge is 0.389 e. The summed E-state index contributed by atoms with van der Waals surface area (Å²) in [5.41, 5.74) is -0.797. The molecule has 2 aliphatic heterocycles. The lowest BCUT2D eigenvalue weighted by Gasteiger charge is -2.61. The Kier molecular flexibility index (Phi) is 2.45. The normalized spacial score (nSPS) is 59.3. The molecule has 0 aromatic heterocycles. The van der Waals surface area contributed by atoms with Crippen LogP contribution in [0.2, 0.25) is 0 Å². The fraction of sp³-hybridized carbons (Fsp3) is 0.882. The molecule has 4 fully saturated rings. The second-order valence-corrected chi connectivity index (χ2v) is 8.17. The summed E-state index contributed by atoms with van der Waals surface area (Å²) in [5, 5.41) is 11.6. The van der Waals surface area contributed by atoms with Crippen molar-refractivity contribution >= 4 is 0 Å². The van der Waals surface area contributed by atoms with E-state index in [1.54, 1.807) is 0 Å². The van der Waals surface area contributed by atoms with Crippen molar-refractivity contribution < 1.29 is 14.6 Å². The van der Waals surface area contributed by atoms with Crippen LogP contribution in [0.25, 0.3) is 0 Å². The fourth-order valence-corrected chi connectivity index (χ4v) is 5.74. The van der Waals surface area contributed by atoms with Gasteiger partial charge >= 0.3 is 0 Å². The van der Waals surface area contributed by atoms with E-state index in [4.69, 9.17) is 9.47 Å². The molecule has 7 atom stereocenters. The van der Waals surface area contributed by atoms with Gasteiger partial charge in [0, 0.05) is 17.8 Å². The SMILES string of the molecule is C=CC1OC[C@@H]2C[C@]3(O)[C@H]4[C@@H](CCC3(C)C)O[C@]2(C)[C@@H]14. The molecule has 2 saturated heterocycles. The molecule has 1 N–H and O–H groups in total. The number of hydrogen-bond donors (Lipinski definition) is 1. The minimum absolute atomic E-state index is 0.0203. The third kappa shape index (κ3) is 1.28. The van der Waals surface area contributed by atoms with Gasteiger partial charge in [-0.25, -0.2) is 0 Å². The molecule has 0 spiro atoms. The van der Waals surface area contributed by atoms with E-state index >= 15 is 0 Å². The van der Waals surface area contributed by atoms with Crippen molar-refractivity contribution in [2.45, 2.75) is 63.4 Å². The van der Waals surface area contributed by atoms with Crippen LogP contribution in [-0.4, -0.2) is 35.1 Å². The smallest absolute Gasteiger partial charge is 0.0813 e. The molecule has 0 amide bonds. The topological polar surface area (TPSA) is 38.7 Å². The van der Waals surface area contributed by atoms with E-state index in [1.807, 2.05) is 6.08 Å². The molecule has 20 heavy (non-hydrogen) atoms. The standard InChI is InChI=1S/C17H26O3/c1-5-11-13-14-12-6-7-15(2,3)17(14,18)8-10(9-19-11)16(13,4)20-12/h5,10-14,18H,1,6-9H2,2-4H3/t10-,11?,12+,13-,14-,16-,17-/m0/s1. The lowest BCUT2D eigenvalue weighted by molar-refractivity contribution is -0.234. The van der Waals surface area contributed by atoms with Crippen molar-refractivity contribution in [1.82, 2.24) is 0 Å². The van der Waals surface area contributed by atoms with Crippen molar-refractivity contribution in [3.05, 3.63) is 12.7 Å². The molecule has 0 aromatic carbocycles. The van der Waals surface area contributed by atoms with Crippen molar-refractivity contribution in [3.8, 4) is 0 Å². The number of hydrogen-bond acceptors (Lipinski definition) is 3. The maximum atomic E-state index is 11.6. The Bertz CT molecular complexity index is 459. The van der Waals surface area contributed by atoms with E-state index in [0.29, 0.717) is 12.5 Å². The summed E-state index contributed by atoms with van der Waals surface area (Å²) in [6.07, 6.45) is 5.04. The van der Waals surface area contributed by atoms with Gasteiger partial charge in [-0.3, -0.25) is 0 Å². The third-order valence-corrected chi connectivity index (χ3v) is 7.08. The minimum Gasteiger partial charge on any atom is -0.389 e. The Morgan fingerprint density at radius 3 is 2.70 bits per heavy atom. The van der Waals surface area contributed by atoms with E-state index in [0.717, 1.165) is 19.3 Å². The predicted octanol–water partition coefficient (Wildman–Crippen LogP) is 2.53. The van der Waals surface area contributed by atoms with Gasteiger partial charge in [0.05, 0.1) is 30.0 Å². The Labute approximate surface area is 121 Å². The molecule has 1 unspecified atom stereocenters. The van der Waals surface area contributed by atoms with Gasteiger partial charge in [0.1, 0.15) is 0 Å². The van der Waals surface area contributed by atoms with Crippen LogP contribution < -0.4 is 0 Å². The quantitative estimate of drug-likeness (QED) is 0.749. The van der Waals surface area contributed by atoms with Crippen molar-refractivity contribution in [2.75, 3.05) is 6.61 Å². The predicted molar refractivity (Wildman–Crippen MR) is 76.3 cm³/mol. The van der Waals surface area contributed by atoms with Crippen LogP contribution in [0.5, 0.6) is 0 Å². The van der Waals surface area contributed by atoms with Gasteiger partial charge in [-0.05, 0) is 31.6 Å². The summed E-state index contributed by atoms with van der Waals surface area (Å²) in [4.78, 5) is 0. The molecule has 2 aliphatic carbocycles. The minimum atomic E-state index is -0.619. The van der Waals surface area contributed by atoms with Crippen LogP contribution in [0.3, 0.4) is 0 Å². The summed E-state index contributed by atoms with van der Waals surface area (Å²) in [6, 6.07) is 0. The molecule has 4 rings (SSSR count). The molecule has 2 heterocycles. The first-order valence-corrected chi connectivity index (χ1v) is 7.98. The van der Waals surface area contributed by atoms with Crippen molar-refractivity contribution in [1.29, 1.82) is 0 Å². The molecule has 0 radical (unpaired) electrons. The molecule has 4 bridgehead atoms. The average Bonchev–Trinajstić information content (AvgIpc) is 2.65. The maximum absolute atomic E-state index is 11.6. The molecular weight excluding hydrogens is 252 g/mol. The van der Waals surface area contributed by atoms with Crippen LogP contribution in [-0.2, 0) is 9.47 Å². The van der Waals surface area contributed by atoms with Gasteiger partial charge in [-0.1, -0.05) is 19.9 Å². The summed E-state index contributed by atoms with van der Waals surface area (Å²) in [5.74, 6) is 0.741. The van der Waals surface area contributed by atoms with Gasteiger partial charge in [-0.2, -0.15) is 0 Å². The van der Waals surface area contributed by atoms with E-state index in [2.05, 4.69) is 27.4 Å². The summed E-state index contributed by atoms with van der Waals surface area (Å²) in [7, 11) is 0. The molecule has 112 valence electrons. The van der Waals surface area contributed by atoms with E-state index in [-0.39, 0.29) is 35.1 Å². The summed E-state index contributed by atoms with van der Waals surface area (Å²) >= 11 is 0. The molecule has 3 heteroatoms. The first-order chi connectivity index (χ1) is 9.33. The average molecular weight is 278 g/mol. The van der Waals surface area contributed by atoms with Gasteiger partial charge in [-0.15, -0.1) is 6.58 Å². The monoisotopic (exact) mass is 278 g/mol. The van der Waals surface area contributed by atoms with Crippen LogP contribution in [0.15, 0.2) is 12.7 Å². The highest BCUT2D eigenvalue weighted by Crippen LogP contribution is 2.67.